The van der Waals surface area contributed by atoms with Crippen molar-refractivity contribution in [3.05, 3.63) is 81.4 Å². The topological polar surface area (TPSA) is 84.2 Å². The lowest BCUT2D eigenvalue weighted by Gasteiger charge is -2.31. The highest BCUT2D eigenvalue weighted by atomic mass is 35.5. The number of benzene rings is 2. The van der Waals surface area contributed by atoms with Gasteiger partial charge in [-0.3, -0.25) is 9.59 Å². The molecular weight excluding hydrogens is 397 g/mol. The molecule has 1 aromatic heterocycles. The normalized spacial score (nSPS) is 18.2. The summed E-state index contributed by atoms with van der Waals surface area (Å²) in [6, 6.07) is 13.4. The molecule has 6 nitrogen and oxygen atoms in total. The van der Waals surface area contributed by atoms with Crippen molar-refractivity contribution in [2.75, 3.05) is 0 Å². The zero-order valence-electron chi connectivity index (χ0n) is 15.2. The van der Waals surface area contributed by atoms with Crippen LogP contribution in [0.1, 0.15) is 23.2 Å². The smallest absolute Gasteiger partial charge is 0.284 e. The summed E-state index contributed by atoms with van der Waals surface area (Å²) in [5.74, 6) is -1.09. The van der Waals surface area contributed by atoms with E-state index in [-0.39, 0.29) is 17.3 Å². The number of nitrogens with one attached hydrogen (secondary N) is 1. The molecule has 1 aliphatic carbocycles. The molecule has 4 rings (SSSR count). The highest BCUT2D eigenvalue weighted by Crippen LogP contribution is 2.22. The molecule has 0 radical (unpaired) electrons. The van der Waals surface area contributed by atoms with E-state index < -0.39 is 23.4 Å². The molecule has 1 fully saturated rings. The van der Waals surface area contributed by atoms with Crippen LogP contribution in [-0.2, 0) is 0 Å². The number of aliphatic hydroxyl groups excluding tert-OH is 1. The van der Waals surface area contributed by atoms with Gasteiger partial charge in [-0.05, 0) is 49.2 Å². The van der Waals surface area contributed by atoms with Crippen molar-refractivity contribution in [3.63, 3.8) is 0 Å². The van der Waals surface area contributed by atoms with Crippen LogP contribution in [0.4, 0.5) is 4.39 Å². The Morgan fingerprint density at radius 3 is 2.55 bits per heavy atom. The van der Waals surface area contributed by atoms with E-state index in [2.05, 4.69) is 10.4 Å². The average molecular weight is 414 g/mol. The fraction of sp³-hybridized carbons (Fsp3) is 0.190. The molecule has 0 bridgehead atoms. The third-order valence-corrected chi connectivity index (χ3v) is 5.05. The monoisotopic (exact) mass is 413 g/mol. The van der Waals surface area contributed by atoms with Crippen LogP contribution in [0, 0.1) is 5.82 Å². The van der Waals surface area contributed by atoms with Gasteiger partial charge in [0, 0.05) is 16.6 Å². The van der Waals surface area contributed by atoms with E-state index in [1.165, 1.54) is 30.3 Å². The average Bonchev–Trinajstić information content (AvgIpc) is 2.67. The second kappa shape index (κ2) is 7.77. The van der Waals surface area contributed by atoms with Gasteiger partial charge in [0.25, 0.3) is 11.5 Å². The maximum absolute atomic E-state index is 13.7. The zero-order chi connectivity index (χ0) is 20.5. The third-order valence-electron chi connectivity index (χ3n) is 4.80. The van der Waals surface area contributed by atoms with Crippen LogP contribution in [0.3, 0.4) is 0 Å². The van der Waals surface area contributed by atoms with Gasteiger partial charge in [-0.25, -0.2) is 4.39 Å². The largest absolute Gasteiger partial charge is 0.393 e. The zero-order valence-corrected chi connectivity index (χ0v) is 15.9. The van der Waals surface area contributed by atoms with Crippen LogP contribution in [0.15, 0.2) is 59.4 Å². The maximum atomic E-state index is 13.7. The lowest BCUT2D eigenvalue weighted by atomic mass is 9.89. The molecule has 3 aromatic rings. The fourth-order valence-corrected chi connectivity index (χ4v) is 3.30. The Labute approximate surface area is 170 Å². The van der Waals surface area contributed by atoms with Gasteiger partial charge in [-0.15, -0.1) is 0 Å². The van der Waals surface area contributed by atoms with Crippen molar-refractivity contribution in [1.29, 1.82) is 0 Å². The van der Waals surface area contributed by atoms with Gasteiger partial charge >= 0.3 is 0 Å². The Bertz CT molecular complexity index is 1120. The summed E-state index contributed by atoms with van der Waals surface area (Å²) in [6.07, 6.45) is 0.448. The highest BCUT2D eigenvalue weighted by Gasteiger charge is 2.29. The molecule has 1 heterocycles. The minimum Gasteiger partial charge on any atom is -0.393 e. The lowest BCUT2D eigenvalue weighted by Crippen LogP contribution is -2.48. The third kappa shape index (κ3) is 4.06. The van der Waals surface area contributed by atoms with Crippen molar-refractivity contribution >= 4 is 17.5 Å². The van der Waals surface area contributed by atoms with Crippen molar-refractivity contribution in [3.8, 4) is 16.9 Å². The number of hydrogen-bond donors (Lipinski definition) is 2. The van der Waals surface area contributed by atoms with Crippen LogP contribution in [0.25, 0.3) is 16.9 Å². The number of hydrogen-bond acceptors (Lipinski definition) is 4. The number of aliphatic hydroxyl groups is 1. The molecule has 1 saturated carbocycles. The van der Waals surface area contributed by atoms with Gasteiger partial charge in [0.1, 0.15) is 11.4 Å². The van der Waals surface area contributed by atoms with Gasteiger partial charge in [0.05, 0.1) is 17.5 Å². The fourth-order valence-electron chi connectivity index (χ4n) is 3.17. The molecule has 148 valence electrons. The van der Waals surface area contributed by atoms with E-state index in [4.69, 9.17) is 11.6 Å². The van der Waals surface area contributed by atoms with Crippen LogP contribution >= 0.6 is 11.6 Å². The summed E-state index contributed by atoms with van der Waals surface area (Å²) < 4.78 is 14.7. The molecule has 8 heteroatoms. The molecule has 0 spiro atoms. The van der Waals surface area contributed by atoms with Gasteiger partial charge in [-0.1, -0.05) is 29.8 Å². The van der Waals surface area contributed by atoms with Crippen molar-refractivity contribution in [2.45, 2.75) is 25.0 Å². The van der Waals surface area contributed by atoms with Crippen molar-refractivity contribution in [2.24, 2.45) is 0 Å². The number of rotatable bonds is 4. The van der Waals surface area contributed by atoms with Crippen molar-refractivity contribution in [1.82, 2.24) is 15.1 Å². The SMILES string of the molecule is O=C(NC1CC(O)C1)c1cc(-c2ccc(Cl)cc2)nn(-c2cccc(F)c2)c1=O. The lowest BCUT2D eigenvalue weighted by molar-refractivity contribution is 0.0562. The van der Waals surface area contributed by atoms with Gasteiger partial charge in [-0.2, -0.15) is 9.78 Å². The second-order valence-electron chi connectivity index (χ2n) is 6.94. The molecule has 29 heavy (non-hydrogen) atoms. The van der Waals surface area contributed by atoms with Gasteiger partial charge < -0.3 is 10.4 Å². The van der Waals surface area contributed by atoms with Gasteiger partial charge in [0.2, 0.25) is 0 Å². The van der Waals surface area contributed by atoms with E-state index in [1.807, 2.05) is 0 Å². The minimum atomic E-state index is -0.661. The number of amides is 1. The Balaban J connectivity index is 1.81. The molecule has 1 amide bonds. The Morgan fingerprint density at radius 1 is 1.17 bits per heavy atom. The minimum absolute atomic E-state index is 0.115. The molecule has 0 aliphatic heterocycles. The molecule has 0 unspecified atom stereocenters. The second-order valence-corrected chi connectivity index (χ2v) is 7.38. The number of carbonyl (C=O) groups is 1. The van der Waals surface area contributed by atoms with Crippen LogP contribution in [0.5, 0.6) is 0 Å². The van der Waals surface area contributed by atoms with Gasteiger partial charge in [0.15, 0.2) is 0 Å². The first-order chi connectivity index (χ1) is 13.9. The summed E-state index contributed by atoms with van der Waals surface area (Å²) in [5.41, 5.74) is 0.442. The summed E-state index contributed by atoms with van der Waals surface area (Å²) >= 11 is 5.94. The number of halogens is 2. The van der Waals surface area contributed by atoms with E-state index >= 15 is 0 Å². The molecule has 2 N–H and O–H groups in total. The predicted octanol–water partition coefficient (Wildman–Crippen LogP) is 2.95. The Morgan fingerprint density at radius 2 is 1.90 bits per heavy atom. The number of aromatic nitrogens is 2. The Kier molecular flexibility index (Phi) is 5.17. The summed E-state index contributed by atoms with van der Waals surface area (Å²) in [5, 5.41) is 17.0. The first kappa shape index (κ1) is 19.3. The van der Waals surface area contributed by atoms with E-state index in [0.29, 0.717) is 29.1 Å². The summed E-state index contributed by atoms with van der Waals surface area (Å²) in [4.78, 5) is 25.7. The molecule has 0 saturated heterocycles. The molecule has 1 aliphatic rings. The first-order valence-corrected chi connectivity index (χ1v) is 9.43. The van der Waals surface area contributed by atoms with Crippen molar-refractivity contribution < 1.29 is 14.3 Å². The van der Waals surface area contributed by atoms with Crippen LogP contribution in [-0.4, -0.2) is 32.9 Å². The first-order valence-electron chi connectivity index (χ1n) is 9.06. The van der Waals surface area contributed by atoms with Crippen LogP contribution < -0.4 is 10.9 Å². The molecular formula is C21H17ClFN3O3. The van der Waals surface area contributed by atoms with E-state index in [1.54, 1.807) is 24.3 Å². The van der Waals surface area contributed by atoms with E-state index in [9.17, 15) is 19.1 Å². The summed E-state index contributed by atoms with van der Waals surface area (Å²) in [7, 11) is 0. The Hall–Kier alpha value is -3.03. The maximum Gasteiger partial charge on any atom is 0.284 e. The van der Waals surface area contributed by atoms with E-state index in [0.717, 1.165) is 4.68 Å². The molecule has 0 atom stereocenters. The van der Waals surface area contributed by atoms with Crippen LogP contribution in [0.2, 0.25) is 5.02 Å². The highest BCUT2D eigenvalue weighted by molar-refractivity contribution is 6.30. The molecule has 2 aromatic carbocycles. The quantitative estimate of drug-likeness (QED) is 0.688. The number of nitrogens with zero attached hydrogens (tertiary/aromatic N) is 2. The number of carbonyl (C=O) groups excluding carboxylic acids is 1. The standard InChI is InChI=1S/C21H17ClFN3O3/c22-13-6-4-12(5-7-13)19-11-18(20(28)24-15-9-17(27)10-15)21(29)26(25-19)16-3-1-2-14(23)8-16/h1-8,11,15,17,27H,9-10H2,(H,24,28). The summed E-state index contributed by atoms with van der Waals surface area (Å²) in [6.45, 7) is 0. The predicted molar refractivity (Wildman–Crippen MR) is 107 cm³/mol.